The maximum Gasteiger partial charge on any atom is 0.250 e. The molecule has 0 N–H and O–H groups in total. The van der Waals surface area contributed by atoms with Crippen LogP contribution < -0.4 is 4.43 Å². The number of rotatable bonds is 3. The van der Waals surface area contributed by atoms with Crippen LogP contribution in [-0.4, -0.2) is 8.32 Å². The zero-order valence-electron chi connectivity index (χ0n) is 17.2. The van der Waals surface area contributed by atoms with E-state index >= 15 is 0 Å². The Hall–Kier alpha value is -2.06. The molecule has 4 rings (SSSR count). The molecular weight excluding hydrogens is 344 g/mol. The average Bonchev–Trinajstić information content (AvgIpc) is 3.04. The summed E-state index contributed by atoms with van der Waals surface area (Å²) in [5, 5.41) is 2.78. The summed E-state index contributed by atoms with van der Waals surface area (Å²) in [5.74, 6) is 1.54. The molecule has 1 nitrogen and oxygen atoms in total. The van der Waals surface area contributed by atoms with E-state index in [9.17, 15) is 0 Å². The van der Waals surface area contributed by atoms with Crippen LogP contribution in [0, 0.1) is 0 Å². The molecule has 0 fully saturated rings. The number of hydrogen-bond donors (Lipinski definition) is 0. The van der Waals surface area contributed by atoms with E-state index in [1.807, 2.05) is 0 Å². The molecule has 1 aliphatic carbocycles. The van der Waals surface area contributed by atoms with Gasteiger partial charge in [0.1, 0.15) is 5.75 Å². The Morgan fingerprint density at radius 1 is 0.889 bits per heavy atom. The summed E-state index contributed by atoms with van der Waals surface area (Å²) < 4.78 is 6.49. The number of hydrogen-bond acceptors (Lipinski definition) is 1. The van der Waals surface area contributed by atoms with Crippen molar-refractivity contribution in [3.63, 3.8) is 0 Å². The predicted octanol–water partition coefficient (Wildman–Crippen LogP) is 7.30. The van der Waals surface area contributed by atoms with E-state index in [1.165, 1.54) is 40.3 Å². The predicted molar refractivity (Wildman–Crippen MR) is 118 cm³/mol. The van der Waals surface area contributed by atoms with E-state index in [-0.39, 0.29) is 5.04 Å². The van der Waals surface area contributed by atoms with Gasteiger partial charge in [0, 0.05) is 5.92 Å². The summed E-state index contributed by atoms with van der Waals surface area (Å²) in [7, 11) is -1.80. The molecule has 0 bridgehead atoms. The lowest BCUT2D eigenvalue weighted by Gasteiger charge is -2.36. The molecule has 1 aliphatic rings. The van der Waals surface area contributed by atoms with Crippen molar-refractivity contribution in [2.45, 2.75) is 57.7 Å². The molecule has 1 unspecified atom stereocenters. The zero-order valence-corrected chi connectivity index (χ0v) is 18.2. The molecule has 140 valence electrons. The second-order valence-electron chi connectivity index (χ2n) is 9.42. The van der Waals surface area contributed by atoms with Gasteiger partial charge in [-0.3, -0.25) is 0 Å². The third-order valence-corrected chi connectivity index (χ3v) is 10.9. The lowest BCUT2D eigenvalue weighted by Crippen LogP contribution is -2.43. The largest absolute Gasteiger partial charge is 0.543 e. The van der Waals surface area contributed by atoms with Gasteiger partial charge in [0.25, 0.3) is 0 Å². The Morgan fingerprint density at radius 2 is 1.59 bits per heavy atom. The van der Waals surface area contributed by atoms with Crippen LogP contribution in [0.3, 0.4) is 0 Å². The normalized spacial score (nSPS) is 17.1. The highest BCUT2D eigenvalue weighted by molar-refractivity contribution is 6.74. The first-order valence-corrected chi connectivity index (χ1v) is 13.0. The Morgan fingerprint density at radius 3 is 2.37 bits per heavy atom. The van der Waals surface area contributed by atoms with E-state index in [1.54, 1.807) is 0 Å². The smallest absolute Gasteiger partial charge is 0.250 e. The minimum Gasteiger partial charge on any atom is -0.543 e. The number of benzene rings is 3. The van der Waals surface area contributed by atoms with Crippen molar-refractivity contribution in [2.75, 3.05) is 0 Å². The fourth-order valence-corrected chi connectivity index (χ4v) is 4.90. The molecule has 0 spiro atoms. The zero-order chi connectivity index (χ0) is 19.2. The topological polar surface area (TPSA) is 9.23 Å². The van der Waals surface area contributed by atoms with Crippen molar-refractivity contribution in [3.05, 3.63) is 77.4 Å². The van der Waals surface area contributed by atoms with Gasteiger partial charge >= 0.3 is 0 Å². The van der Waals surface area contributed by atoms with Crippen LogP contribution in [0.25, 0.3) is 10.8 Å². The van der Waals surface area contributed by atoms with E-state index < -0.39 is 8.32 Å². The Balaban J connectivity index is 1.64. The van der Waals surface area contributed by atoms with Gasteiger partial charge in [-0.05, 0) is 70.6 Å². The standard InChI is InChI=1S/C25H30OSi/c1-25(2,3)27(4,5)26-22-14-12-19-16-21(11-10-20(19)17-22)24-15-13-18-8-6-7-9-23(18)24/h6-12,14,16-17,24H,13,15H2,1-5H3. The molecule has 3 aromatic carbocycles. The average molecular weight is 375 g/mol. The molecular formula is C25H30OSi. The van der Waals surface area contributed by atoms with E-state index in [2.05, 4.69) is 94.5 Å². The van der Waals surface area contributed by atoms with Crippen molar-refractivity contribution in [1.29, 1.82) is 0 Å². The summed E-state index contributed by atoms with van der Waals surface area (Å²) in [4.78, 5) is 0. The first kappa shape index (κ1) is 18.3. The molecule has 3 aromatic rings. The van der Waals surface area contributed by atoms with Crippen LogP contribution in [0.5, 0.6) is 5.75 Å². The molecule has 2 heteroatoms. The Labute approximate surface area is 164 Å². The Kier molecular flexibility index (Phi) is 4.42. The molecule has 0 amide bonds. The molecule has 1 atom stereocenters. The number of aryl methyl sites for hydroxylation is 1. The molecule has 0 saturated carbocycles. The van der Waals surface area contributed by atoms with Crippen LogP contribution in [0.4, 0.5) is 0 Å². The first-order chi connectivity index (χ1) is 12.7. The highest BCUT2D eigenvalue weighted by atomic mass is 28.4. The van der Waals surface area contributed by atoms with Crippen LogP contribution >= 0.6 is 0 Å². The Bertz CT molecular complexity index is 981. The summed E-state index contributed by atoms with van der Waals surface area (Å²) in [6.07, 6.45) is 2.41. The minimum absolute atomic E-state index is 0.210. The lowest BCUT2D eigenvalue weighted by molar-refractivity contribution is 0.493. The lowest BCUT2D eigenvalue weighted by atomic mass is 9.91. The monoisotopic (exact) mass is 374 g/mol. The number of fused-ring (bicyclic) bond motifs is 2. The van der Waals surface area contributed by atoms with E-state index in [4.69, 9.17) is 4.43 Å². The van der Waals surface area contributed by atoms with Gasteiger partial charge in [0.15, 0.2) is 0 Å². The molecule has 0 aliphatic heterocycles. The molecule has 27 heavy (non-hydrogen) atoms. The molecule has 0 aromatic heterocycles. The van der Waals surface area contributed by atoms with Crippen LogP contribution in [0.15, 0.2) is 60.7 Å². The van der Waals surface area contributed by atoms with Gasteiger partial charge in [-0.15, -0.1) is 0 Å². The molecule has 0 saturated heterocycles. The summed E-state index contributed by atoms with van der Waals surface area (Å²) in [6.45, 7) is 11.5. The molecule has 0 radical (unpaired) electrons. The van der Waals surface area contributed by atoms with Crippen molar-refractivity contribution in [2.24, 2.45) is 0 Å². The van der Waals surface area contributed by atoms with E-state index in [0.29, 0.717) is 5.92 Å². The highest BCUT2D eigenvalue weighted by Crippen LogP contribution is 2.40. The SMILES string of the molecule is CC(C)(C)[Si](C)(C)Oc1ccc2cc(C3CCc4ccccc43)ccc2c1. The van der Waals surface area contributed by atoms with Crippen LogP contribution in [-0.2, 0) is 6.42 Å². The maximum absolute atomic E-state index is 6.49. The fourth-order valence-electron chi connectivity index (χ4n) is 3.87. The van der Waals surface area contributed by atoms with Gasteiger partial charge < -0.3 is 4.43 Å². The van der Waals surface area contributed by atoms with E-state index in [0.717, 1.165) is 5.75 Å². The summed E-state index contributed by atoms with van der Waals surface area (Å²) >= 11 is 0. The quantitative estimate of drug-likeness (QED) is 0.437. The van der Waals surface area contributed by atoms with Gasteiger partial charge in [0.05, 0.1) is 0 Å². The van der Waals surface area contributed by atoms with Crippen molar-refractivity contribution in [1.82, 2.24) is 0 Å². The van der Waals surface area contributed by atoms with Crippen molar-refractivity contribution >= 4 is 19.1 Å². The van der Waals surface area contributed by atoms with Gasteiger partial charge in [-0.1, -0.05) is 69.3 Å². The summed E-state index contributed by atoms with van der Waals surface area (Å²) in [6, 6.07) is 22.4. The molecule has 0 heterocycles. The van der Waals surface area contributed by atoms with Crippen LogP contribution in [0.2, 0.25) is 18.1 Å². The second kappa shape index (κ2) is 6.52. The van der Waals surface area contributed by atoms with Gasteiger partial charge in [0.2, 0.25) is 8.32 Å². The third-order valence-electron chi connectivity index (χ3n) is 6.55. The first-order valence-electron chi connectivity index (χ1n) is 10.1. The third kappa shape index (κ3) is 3.43. The highest BCUT2D eigenvalue weighted by Gasteiger charge is 2.39. The van der Waals surface area contributed by atoms with Crippen molar-refractivity contribution < 1.29 is 4.43 Å². The van der Waals surface area contributed by atoms with Crippen molar-refractivity contribution in [3.8, 4) is 5.75 Å². The minimum atomic E-state index is -1.80. The maximum atomic E-state index is 6.49. The second-order valence-corrected chi connectivity index (χ2v) is 14.1. The van der Waals surface area contributed by atoms with Crippen LogP contribution in [0.1, 0.15) is 49.8 Å². The van der Waals surface area contributed by atoms with Gasteiger partial charge in [-0.2, -0.15) is 0 Å². The van der Waals surface area contributed by atoms with Gasteiger partial charge in [-0.25, -0.2) is 0 Å². The summed E-state index contributed by atoms with van der Waals surface area (Å²) in [5.41, 5.74) is 4.46. The fraction of sp³-hybridized carbons (Fsp3) is 0.360.